The molecule has 0 aliphatic carbocycles. The Bertz CT molecular complexity index is 252. The highest BCUT2D eigenvalue weighted by molar-refractivity contribution is 7.86. The molecule has 0 amide bonds. The predicted molar refractivity (Wildman–Crippen MR) is 44.4 cm³/mol. The van der Waals surface area contributed by atoms with Crippen molar-refractivity contribution in [3.8, 4) is 0 Å². The molecule has 0 bridgehead atoms. The first kappa shape index (κ1) is 9.91. The number of hydrogen-bond donors (Lipinski definition) is 2. The maximum atomic E-state index is 10.9. The van der Waals surface area contributed by atoms with Crippen LogP contribution in [0.1, 0.15) is 6.92 Å². The molecule has 0 radical (unpaired) electrons. The van der Waals surface area contributed by atoms with Gasteiger partial charge in [-0.1, -0.05) is 6.92 Å². The van der Waals surface area contributed by atoms with Crippen molar-refractivity contribution >= 4 is 10.2 Å². The van der Waals surface area contributed by atoms with E-state index in [9.17, 15) is 8.42 Å². The molecule has 1 aliphatic rings. The van der Waals surface area contributed by atoms with E-state index in [4.69, 9.17) is 10.2 Å². The molecular weight excluding hydrogens is 180 g/mol. The average Bonchev–Trinajstić information content (AvgIpc) is 2.29. The number of aliphatic hydroxyl groups is 1. The maximum absolute atomic E-state index is 10.9. The minimum absolute atomic E-state index is 0.0210. The zero-order chi connectivity index (χ0) is 9.35. The summed E-state index contributed by atoms with van der Waals surface area (Å²) in [6.45, 7) is 2.69. The topological polar surface area (TPSA) is 83.6 Å². The number of rotatable bonds is 2. The summed E-state index contributed by atoms with van der Waals surface area (Å²) in [6, 6.07) is 0. The SMILES string of the molecule is C[C@@H]1CN(S(N)(=O)=O)C[C@H]1CO. The van der Waals surface area contributed by atoms with E-state index in [-0.39, 0.29) is 18.4 Å². The summed E-state index contributed by atoms with van der Waals surface area (Å²) < 4.78 is 22.9. The third-order valence-electron chi connectivity index (χ3n) is 2.33. The molecule has 2 atom stereocenters. The predicted octanol–water partition coefficient (Wildman–Crippen LogP) is -1.25. The van der Waals surface area contributed by atoms with Gasteiger partial charge in [0.25, 0.3) is 10.2 Å². The quantitative estimate of drug-likeness (QED) is 0.576. The van der Waals surface area contributed by atoms with Crippen LogP contribution in [0.2, 0.25) is 0 Å². The molecule has 1 heterocycles. The van der Waals surface area contributed by atoms with Gasteiger partial charge in [-0.2, -0.15) is 12.7 Å². The van der Waals surface area contributed by atoms with Crippen LogP contribution in [0.25, 0.3) is 0 Å². The standard InChI is InChI=1S/C6H14N2O3S/c1-5-2-8(12(7,10)11)3-6(5)4-9/h5-6,9H,2-4H2,1H3,(H2,7,10,11)/t5-,6+/m1/s1. The van der Waals surface area contributed by atoms with Gasteiger partial charge in [0.15, 0.2) is 0 Å². The van der Waals surface area contributed by atoms with Crippen LogP contribution in [-0.4, -0.2) is 37.5 Å². The van der Waals surface area contributed by atoms with Gasteiger partial charge in [0.1, 0.15) is 0 Å². The van der Waals surface area contributed by atoms with Crippen molar-refractivity contribution in [3.63, 3.8) is 0 Å². The smallest absolute Gasteiger partial charge is 0.276 e. The first-order chi connectivity index (χ1) is 5.45. The first-order valence-electron chi connectivity index (χ1n) is 3.84. The Morgan fingerprint density at radius 1 is 1.58 bits per heavy atom. The van der Waals surface area contributed by atoms with Crippen LogP contribution in [0.4, 0.5) is 0 Å². The van der Waals surface area contributed by atoms with Crippen molar-refractivity contribution in [1.82, 2.24) is 4.31 Å². The van der Waals surface area contributed by atoms with Crippen molar-refractivity contribution in [1.29, 1.82) is 0 Å². The second-order valence-electron chi connectivity index (χ2n) is 3.28. The lowest BCUT2D eigenvalue weighted by atomic mass is 10.00. The van der Waals surface area contributed by atoms with Crippen molar-refractivity contribution in [2.45, 2.75) is 6.92 Å². The van der Waals surface area contributed by atoms with Gasteiger partial charge in [0.05, 0.1) is 0 Å². The molecule has 12 heavy (non-hydrogen) atoms. The highest BCUT2D eigenvalue weighted by Gasteiger charge is 2.33. The summed E-state index contributed by atoms with van der Waals surface area (Å²) in [5, 5.41) is 13.8. The summed E-state index contributed by atoms with van der Waals surface area (Å²) in [4.78, 5) is 0. The molecule has 6 heteroatoms. The van der Waals surface area contributed by atoms with Gasteiger partial charge < -0.3 is 5.11 Å². The number of hydrogen-bond acceptors (Lipinski definition) is 3. The van der Waals surface area contributed by atoms with Crippen LogP contribution in [-0.2, 0) is 10.2 Å². The first-order valence-corrected chi connectivity index (χ1v) is 5.34. The minimum Gasteiger partial charge on any atom is -0.396 e. The molecule has 0 saturated carbocycles. The van der Waals surface area contributed by atoms with Crippen molar-refractivity contribution in [2.24, 2.45) is 17.0 Å². The third-order valence-corrected chi connectivity index (χ3v) is 3.35. The minimum atomic E-state index is -3.56. The molecular formula is C6H14N2O3S. The van der Waals surface area contributed by atoms with E-state index < -0.39 is 10.2 Å². The molecule has 1 fully saturated rings. The monoisotopic (exact) mass is 194 g/mol. The van der Waals surface area contributed by atoms with E-state index in [1.165, 1.54) is 4.31 Å². The van der Waals surface area contributed by atoms with Gasteiger partial charge in [0, 0.05) is 19.7 Å². The van der Waals surface area contributed by atoms with Gasteiger partial charge in [-0.15, -0.1) is 0 Å². The fourth-order valence-corrected chi connectivity index (χ4v) is 2.27. The van der Waals surface area contributed by atoms with E-state index in [1.807, 2.05) is 6.92 Å². The lowest BCUT2D eigenvalue weighted by Crippen LogP contribution is -2.35. The number of aliphatic hydroxyl groups excluding tert-OH is 1. The molecule has 3 N–H and O–H groups in total. The largest absolute Gasteiger partial charge is 0.396 e. The van der Waals surface area contributed by atoms with Gasteiger partial charge in [-0.05, 0) is 11.8 Å². The molecule has 1 aliphatic heterocycles. The third kappa shape index (κ3) is 1.95. The zero-order valence-electron chi connectivity index (χ0n) is 6.97. The second kappa shape index (κ2) is 3.29. The Morgan fingerprint density at radius 3 is 2.42 bits per heavy atom. The van der Waals surface area contributed by atoms with Crippen molar-refractivity contribution in [2.75, 3.05) is 19.7 Å². The fourth-order valence-electron chi connectivity index (χ4n) is 1.43. The summed E-state index contributed by atoms with van der Waals surface area (Å²) >= 11 is 0. The van der Waals surface area contributed by atoms with Crippen LogP contribution < -0.4 is 5.14 Å². The molecule has 1 saturated heterocycles. The zero-order valence-corrected chi connectivity index (χ0v) is 7.79. The van der Waals surface area contributed by atoms with Gasteiger partial charge in [-0.3, -0.25) is 0 Å². The van der Waals surface area contributed by atoms with Crippen LogP contribution in [0, 0.1) is 11.8 Å². The Balaban J connectivity index is 2.67. The normalized spacial score (nSPS) is 32.6. The molecule has 5 nitrogen and oxygen atoms in total. The highest BCUT2D eigenvalue weighted by Crippen LogP contribution is 2.23. The van der Waals surface area contributed by atoms with E-state index in [1.54, 1.807) is 0 Å². The van der Waals surface area contributed by atoms with Crippen LogP contribution in [0.5, 0.6) is 0 Å². The van der Waals surface area contributed by atoms with Crippen LogP contribution in [0.3, 0.4) is 0 Å². The lowest BCUT2D eigenvalue weighted by molar-refractivity contribution is 0.210. The molecule has 1 rings (SSSR count). The van der Waals surface area contributed by atoms with E-state index in [2.05, 4.69) is 0 Å². The second-order valence-corrected chi connectivity index (χ2v) is 4.83. The van der Waals surface area contributed by atoms with Crippen molar-refractivity contribution < 1.29 is 13.5 Å². The molecule has 0 spiro atoms. The summed E-state index contributed by atoms with van der Waals surface area (Å²) in [5.41, 5.74) is 0. The molecule has 0 aromatic rings. The van der Waals surface area contributed by atoms with Crippen LogP contribution >= 0.6 is 0 Å². The van der Waals surface area contributed by atoms with E-state index in [0.717, 1.165) is 0 Å². The number of nitrogens with two attached hydrogens (primary N) is 1. The van der Waals surface area contributed by atoms with Gasteiger partial charge in [0.2, 0.25) is 0 Å². The Labute approximate surface area is 72.3 Å². The van der Waals surface area contributed by atoms with E-state index >= 15 is 0 Å². The highest BCUT2D eigenvalue weighted by atomic mass is 32.2. The number of nitrogens with zero attached hydrogens (tertiary/aromatic N) is 1. The average molecular weight is 194 g/mol. The fraction of sp³-hybridized carbons (Fsp3) is 1.00. The van der Waals surface area contributed by atoms with Crippen molar-refractivity contribution in [3.05, 3.63) is 0 Å². The lowest BCUT2D eigenvalue weighted by Gasteiger charge is -2.10. The molecule has 0 unspecified atom stereocenters. The van der Waals surface area contributed by atoms with Gasteiger partial charge in [-0.25, -0.2) is 5.14 Å². The summed E-state index contributed by atoms with van der Waals surface area (Å²) in [6.07, 6.45) is 0. The Hall–Kier alpha value is -0.170. The van der Waals surface area contributed by atoms with Crippen LogP contribution in [0.15, 0.2) is 0 Å². The Kier molecular flexibility index (Phi) is 2.72. The summed E-state index contributed by atoms with van der Waals surface area (Å²) in [5.74, 6) is 0.219. The Morgan fingerprint density at radius 2 is 2.17 bits per heavy atom. The molecule has 0 aromatic carbocycles. The molecule has 72 valence electrons. The van der Waals surface area contributed by atoms with E-state index in [0.29, 0.717) is 13.1 Å². The summed E-state index contributed by atoms with van der Waals surface area (Å²) in [7, 11) is -3.56. The maximum Gasteiger partial charge on any atom is 0.276 e. The molecule has 0 aromatic heterocycles. The van der Waals surface area contributed by atoms with Gasteiger partial charge >= 0.3 is 0 Å².